The number of ether oxygens (including phenoxy) is 1. The Morgan fingerprint density at radius 1 is 0.721 bits per heavy atom. The second kappa shape index (κ2) is 11.9. The molecule has 3 amide bonds. The predicted octanol–water partition coefficient (Wildman–Crippen LogP) is 7.43. The van der Waals surface area contributed by atoms with Crippen LogP contribution < -0.4 is 15.4 Å². The molecule has 0 spiro atoms. The average Bonchev–Trinajstić information content (AvgIpc) is 3.45. The van der Waals surface area contributed by atoms with Gasteiger partial charge in [0.25, 0.3) is 5.91 Å². The molecule has 0 bridgehead atoms. The minimum absolute atomic E-state index is 0.0681. The number of benzene rings is 4. The van der Waals surface area contributed by atoms with Crippen molar-refractivity contribution in [2.24, 2.45) is 0 Å². The maximum absolute atomic E-state index is 12.9. The monoisotopic (exact) mass is 568 g/mol. The summed E-state index contributed by atoms with van der Waals surface area (Å²) in [7, 11) is 3.46. The maximum atomic E-state index is 12.9. The summed E-state index contributed by atoms with van der Waals surface area (Å²) >= 11 is 0. The zero-order valence-electron chi connectivity index (χ0n) is 23.5. The molecule has 6 rings (SSSR count). The summed E-state index contributed by atoms with van der Waals surface area (Å²) in [6, 6.07) is 33.2. The van der Waals surface area contributed by atoms with Gasteiger partial charge in [-0.1, -0.05) is 48.5 Å². The van der Waals surface area contributed by atoms with E-state index in [1.165, 1.54) is 0 Å². The van der Waals surface area contributed by atoms with Crippen molar-refractivity contribution in [3.63, 3.8) is 0 Å². The van der Waals surface area contributed by atoms with Crippen molar-refractivity contribution in [2.45, 2.75) is 0 Å². The fourth-order valence-electron chi connectivity index (χ4n) is 4.67. The standard InChI is InChI=1S/C34H28N6O3/c1-40(2)33(41)24-11-6-9-22(17-24)25-19-30-31(38-39-32(30)35-21-25)23-10-7-12-26(18-23)36-34(42)37-27-13-8-16-29(20-27)43-28-14-4-3-5-15-28/h3-21H,1-2H3,(H,35,38,39)(H2,36,37,42). The number of anilines is 2. The molecule has 4 aromatic carbocycles. The number of fused-ring (bicyclic) bond motifs is 1. The number of H-pyrrole nitrogens is 1. The Labute approximate surface area is 248 Å². The van der Waals surface area contributed by atoms with E-state index in [-0.39, 0.29) is 5.91 Å². The highest BCUT2D eigenvalue weighted by Crippen LogP contribution is 2.31. The summed E-state index contributed by atoms with van der Waals surface area (Å²) in [4.78, 5) is 31.5. The lowest BCUT2D eigenvalue weighted by molar-refractivity contribution is 0.0827. The molecule has 0 saturated carbocycles. The molecule has 9 heteroatoms. The highest BCUT2D eigenvalue weighted by molar-refractivity contribution is 6.01. The average molecular weight is 569 g/mol. The lowest BCUT2D eigenvalue weighted by Crippen LogP contribution is -2.21. The SMILES string of the molecule is CN(C)C(=O)c1cccc(-c2cnc3[nH]nc(-c4cccc(NC(=O)Nc5cccc(Oc6ccccc6)c5)c4)c3c2)c1. The molecule has 0 aliphatic rings. The molecule has 0 radical (unpaired) electrons. The summed E-state index contributed by atoms with van der Waals surface area (Å²) in [5.41, 5.74) is 5.65. The molecule has 6 aromatic rings. The minimum atomic E-state index is -0.392. The molecular weight excluding hydrogens is 540 g/mol. The zero-order chi connectivity index (χ0) is 29.8. The summed E-state index contributed by atoms with van der Waals surface area (Å²) in [6.45, 7) is 0. The number of urea groups is 1. The lowest BCUT2D eigenvalue weighted by atomic mass is 10.0. The van der Waals surface area contributed by atoms with Crippen LogP contribution in [0.3, 0.4) is 0 Å². The van der Waals surface area contributed by atoms with E-state index in [1.54, 1.807) is 43.4 Å². The first kappa shape index (κ1) is 27.2. The van der Waals surface area contributed by atoms with E-state index in [4.69, 9.17) is 4.74 Å². The molecule has 0 atom stereocenters. The van der Waals surface area contributed by atoms with Crippen LogP contribution in [0.5, 0.6) is 11.5 Å². The number of hydrogen-bond donors (Lipinski definition) is 3. The van der Waals surface area contributed by atoms with Gasteiger partial charge >= 0.3 is 6.03 Å². The Hall–Kier alpha value is -5.96. The third-order valence-corrected chi connectivity index (χ3v) is 6.73. The van der Waals surface area contributed by atoms with Crippen LogP contribution in [0, 0.1) is 0 Å². The van der Waals surface area contributed by atoms with Crippen LogP contribution in [0.2, 0.25) is 0 Å². The number of nitrogens with one attached hydrogen (secondary N) is 3. The van der Waals surface area contributed by atoms with Crippen molar-refractivity contribution < 1.29 is 14.3 Å². The van der Waals surface area contributed by atoms with Crippen molar-refractivity contribution in [3.05, 3.63) is 121 Å². The molecular formula is C34H28N6O3. The second-order valence-electron chi connectivity index (χ2n) is 10.1. The fraction of sp³-hybridized carbons (Fsp3) is 0.0588. The predicted molar refractivity (Wildman–Crippen MR) is 168 cm³/mol. The molecule has 212 valence electrons. The molecule has 2 heterocycles. The summed E-state index contributed by atoms with van der Waals surface area (Å²) in [6.07, 6.45) is 1.76. The molecule has 3 N–H and O–H groups in total. The van der Waals surface area contributed by atoms with Crippen LogP contribution in [0.25, 0.3) is 33.4 Å². The van der Waals surface area contributed by atoms with E-state index < -0.39 is 6.03 Å². The van der Waals surface area contributed by atoms with Gasteiger partial charge in [0.05, 0.1) is 0 Å². The normalized spacial score (nSPS) is 10.7. The first-order valence-electron chi connectivity index (χ1n) is 13.6. The Kier molecular flexibility index (Phi) is 7.52. The molecule has 0 unspecified atom stereocenters. The van der Waals surface area contributed by atoms with Crippen molar-refractivity contribution in [3.8, 4) is 33.9 Å². The van der Waals surface area contributed by atoms with Crippen molar-refractivity contribution in [1.29, 1.82) is 0 Å². The van der Waals surface area contributed by atoms with Gasteiger partial charge in [0.2, 0.25) is 0 Å². The maximum Gasteiger partial charge on any atom is 0.323 e. The number of aromatic nitrogens is 3. The third-order valence-electron chi connectivity index (χ3n) is 6.73. The lowest BCUT2D eigenvalue weighted by Gasteiger charge is -2.11. The molecule has 0 fully saturated rings. The van der Waals surface area contributed by atoms with Crippen molar-refractivity contribution in [2.75, 3.05) is 24.7 Å². The highest BCUT2D eigenvalue weighted by Gasteiger charge is 2.14. The number of aromatic amines is 1. The van der Waals surface area contributed by atoms with E-state index >= 15 is 0 Å². The Balaban J connectivity index is 1.20. The van der Waals surface area contributed by atoms with Crippen LogP contribution in [0.15, 0.2) is 115 Å². The number of hydrogen-bond acceptors (Lipinski definition) is 5. The van der Waals surface area contributed by atoms with Gasteiger partial charge in [0.1, 0.15) is 17.2 Å². The van der Waals surface area contributed by atoms with Crippen LogP contribution in [0.1, 0.15) is 10.4 Å². The zero-order valence-corrected chi connectivity index (χ0v) is 23.5. The van der Waals surface area contributed by atoms with Gasteiger partial charge in [-0.2, -0.15) is 5.10 Å². The number of rotatable bonds is 7. The van der Waals surface area contributed by atoms with Gasteiger partial charge in [0.15, 0.2) is 5.65 Å². The highest BCUT2D eigenvalue weighted by atomic mass is 16.5. The number of carbonyl (C=O) groups excluding carboxylic acids is 2. The molecule has 2 aromatic heterocycles. The summed E-state index contributed by atoms with van der Waals surface area (Å²) < 4.78 is 5.87. The first-order valence-corrected chi connectivity index (χ1v) is 13.6. The van der Waals surface area contributed by atoms with Crippen LogP contribution >= 0.6 is 0 Å². The van der Waals surface area contributed by atoms with E-state index in [0.29, 0.717) is 39.8 Å². The molecule has 0 aliphatic carbocycles. The van der Waals surface area contributed by atoms with Crippen LogP contribution in [-0.4, -0.2) is 46.1 Å². The van der Waals surface area contributed by atoms with Crippen LogP contribution in [-0.2, 0) is 0 Å². The van der Waals surface area contributed by atoms with Gasteiger partial charge in [-0.05, 0) is 60.2 Å². The Morgan fingerprint density at radius 2 is 1.42 bits per heavy atom. The molecule has 9 nitrogen and oxygen atoms in total. The summed E-state index contributed by atoms with van der Waals surface area (Å²) in [5.74, 6) is 1.25. The quantitative estimate of drug-likeness (QED) is 0.185. The van der Waals surface area contributed by atoms with E-state index in [1.807, 2.05) is 91.0 Å². The number of nitrogens with zero attached hydrogens (tertiary/aromatic N) is 3. The van der Waals surface area contributed by atoms with Gasteiger partial charge in [-0.25, -0.2) is 9.78 Å². The Bertz CT molecular complexity index is 1930. The van der Waals surface area contributed by atoms with Gasteiger partial charge in [-0.15, -0.1) is 0 Å². The number of carbonyl (C=O) groups is 2. The van der Waals surface area contributed by atoms with Crippen molar-refractivity contribution in [1.82, 2.24) is 20.1 Å². The van der Waals surface area contributed by atoms with Crippen LogP contribution in [0.4, 0.5) is 16.2 Å². The molecule has 0 aliphatic heterocycles. The molecule has 43 heavy (non-hydrogen) atoms. The molecule has 0 saturated heterocycles. The van der Waals surface area contributed by atoms with E-state index in [9.17, 15) is 9.59 Å². The topological polar surface area (TPSA) is 112 Å². The van der Waals surface area contributed by atoms with Gasteiger partial charge < -0.3 is 20.3 Å². The van der Waals surface area contributed by atoms with E-state index in [0.717, 1.165) is 22.1 Å². The first-order chi connectivity index (χ1) is 20.9. The minimum Gasteiger partial charge on any atom is -0.457 e. The largest absolute Gasteiger partial charge is 0.457 e. The second-order valence-corrected chi connectivity index (χ2v) is 10.1. The van der Waals surface area contributed by atoms with Gasteiger partial charge in [0, 0.05) is 59.8 Å². The van der Waals surface area contributed by atoms with Gasteiger partial charge in [-0.3, -0.25) is 9.89 Å². The number of para-hydroxylation sites is 1. The third kappa shape index (κ3) is 6.20. The Morgan fingerprint density at radius 3 is 2.21 bits per heavy atom. The smallest absolute Gasteiger partial charge is 0.323 e. The summed E-state index contributed by atoms with van der Waals surface area (Å²) in [5, 5.41) is 14.1. The van der Waals surface area contributed by atoms with E-state index in [2.05, 4.69) is 25.8 Å². The number of pyridine rings is 1. The number of amides is 3. The fourth-order valence-corrected chi connectivity index (χ4v) is 4.67. The van der Waals surface area contributed by atoms with Crippen molar-refractivity contribution >= 4 is 34.3 Å².